The Bertz CT molecular complexity index is 641. The van der Waals surface area contributed by atoms with E-state index in [1.54, 1.807) is 11.9 Å². The molecule has 0 unspecified atom stereocenters. The SMILES string of the molecule is Cc1ccc(N(C)C(=O)c2cncc(NN)n2)c(C)c1. The van der Waals surface area contributed by atoms with E-state index in [0.29, 0.717) is 5.82 Å². The van der Waals surface area contributed by atoms with E-state index in [1.165, 1.54) is 12.4 Å². The third-order valence-electron chi connectivity index (χ3n) is 3.02. The Morgan fingerprint density at radius 1 is 1.30 bits per heavy atom. The zero-order valence-electron chi connectivity index (χ0n) is 11.7. The van der Waals surface area contributed by atoms with Crippen molar-refractivity contribution in [1.82, 2.24) is 9.97 Å². The molecule has 0 spiro atoms. The summed E-state index contributed by atoms with van der Waals surface area (Å²) in [7, 11) is 1.71. The number of hydrazine groups is 1. The van der Waals surface area contributed by atoms with Gasteiger partial charge in [0.25, 0.3) is 5.91 Å². The summed E-state index contributed by atoms with van der Waals surface area (Å²) in [5.41, 5.74) is 5.64. The van der Waals surface area contributed by atoms with Crippen LogP contribution in [0.3, 0.4) is 0 Å². The third-order valence-corrected chi connectivity index (χ3v) is 3.02. The number of nitrogens with one attached hydrogen (secondary N) is 1. The largest absolute Gasteiger partial charge is 0.310 e. The van der Waals surface area contributed by atoms with E-state index in [1.807, 2.05) is 32.0 Å². The summed E-state index contributed by atoms with van der Waals surface area (Å²) in [6, 6.07) is 5.92. The monoisotopic (exact) mass is 271 g/mol. The molecule has 0 aliphatic heterocycles. The average molecular weight is 271 g/mol. The van der Waals surface area contributed by atoms with Gasteiger partial charge in [-0.05, 0) is 25.5 Å². The molecule has 1 amide bonds. The Morgan fingerprint density at radius 2 is 2.05 bits per heavy atom. The Labute approximate surface area is 117 Å². The summed E-state index contributed by atoms with van der Waals surface area (Å²) in [4.78, 5) is 22.0. The van der Waals surface area contributed by atoms with E-state index in [-0.39, 0.29) is 11.6 Å². The van der Waals surface area contributed by atoms with Gasteiger partial charge in [-0.2, -0.15) is 0 Å². The number of benzene rings is 1. The zero-order chi connectivity index (χ0) is 14.7. The second kappa shape index (κ2) is 5.66. The molecule has 3 N–H and O–H groups in total. The first-order chi connectivity index (χ1) is 9.52. The Kier molecular flexibility index (Phi) is 3.95. The van der Waals surface area contributed by atoms with Crippen LogP contribution < -0.4 is 16.2 Å². The highest BCUT2D eigenvalue weighted by Crippen LogP contribution is 2.21. The molecule has 1 aromatic carbocycles. The van der Waals surface area contributed by atoms with Crippen LogP contribution in [0.25, 0.3) is 0 Å². The molecule has 0 saturated carbocycles. The third kappa shape index (κ3) is 2.75. The molecule has 104 valence electrons. The number of anilines is 2. The second-order valence-corrected chi connectivity index (χ2v) is 4.59. The van der Waals surface area contributed by atoms with Crippen LogP contribution in [0, 0.1) is 13.8 Å². The fraction of sp³-hybridized carbons (Fsp3) is 0.214. The number of nitrogens with zero attached hydrogens (tertiary/aromatic N) is 3. The van der Waals surface area contributed by atoms with Crippen molar-refractivity contribution in [3.8, 4) is 0 Å². The van der Waals surface area contributed by atoms with Gasteiger partial charge < -0.3 is 10.3 Å². The minimum absolute atomic E-state index is 0.235. The lowest BCUT2D eigenvalue weighted by Crippen LogP contribution is -2.28. The molecule has 0 aliphatic rings. The number of aryl methyl sites for hydroxylation is 2. The quantitative estimate of drug-likeness (QED) is 0.655. The molecule has 0 saturated heterocycles. The molecule has 0 atom stereocenters. The number of aromatic nitrogens is 2. The summed E-state index contributed by atoms with van der Waals surface area (Å²) in [5.74, 6) is 5.39. The van der Waals surface area contributed by atoms with Gasteiger partial charge in [0, 0.05) is 12.7 Å². The van der Waals surface area contributed by atoms with Crippen LogP contribution in [-0.4, -0.2) is 22.9 Å². The van der Waals surface area contributed by atoms with Crippen molar-refractivity contribution >= 4 is 17.4 Å². The highest BCUT2D eigenvalue weighted by atomic mass is 16.2. The minimum atomic E-state index is -0.235. The van der Waals surface area contributed by atoms with Gasteiger partial charge >= 0.3 is 0 Å². The number of hydrogen-bond donors (Lipinski definition) is 2. The molecule has 0 fully saturated rings. The summed E-state index contributed by atoms with van der Waals surface area (Å²) in [6.07, 6.45) is 2.87. The van der Waals surface area contributed by atoms with Gasteiger partial charge in [0.05, 0.1) is 12.4 Å². The molecule has 0 radical (unpaired) electrons. The normalized spacial score (nSPS) is 10.2. The van der Waals surface area contributed by atoms with E-state index in [2.05, 4.69) is 15.4 Å². The van der Waals surface area contributed by atoms with Crippen LogP contribution in [0.2, 0.25) is 0 Å². The Balaban J connectivity index is 2.32. The number of carbonyl (C=O) groups excluding carboxylic acids is 1. The maximum Gasteiger partial charge on any atom is 0.278 e. The van der Waals surface area contributed by atoms with Gasteiger partial charge in [-0.15, -0.1) is 0 Å². The van der Waals surface area contributed by atoms with E-state index >= 15 is 0 Å². The van der Waals surface area contributed by atoms with Gasteiger partial charge in [-0.25, -0.2) is 10.8 Å². The molecule has 2 rings (SSSR count). The predicted octanol–water partition coefficient (Wildman–Crippen LogP) is 1.66. The highest BCUT2D eigenvalue weighted by molar-refractivity contribution is 6.04. The van der Waals surface area contributed by atoms with E-state index in [4.69, 9.17) is 5.84 Å². The van der Waals surface area contributed by atoms with Crippen molar-refractivity contribution in [2.75, 3.05) is 17.4 Å². The summed E-state index contributed by atoms with van der Waals surface area (Å²) >= 11 is 0. The number of hydrogen-bond acceptors (Lipinski definition) is 5. The standard InChI is InChI=1S/C14H17N5O/c1-9-4-5-12(10(2)6-9)19(3)14(20)11-7-16-8-13(17-11)18-15/h4-8H,15H2,1-3H3,(H,17,18). The van der Waals surface area contributed by atoms with Gasteiger partial charge in [-0.1, -0.05) is 17.7 Å². The molecule has 0 aliphatic carbocycles. The number of nitrogen functional groups attached to an aromatic ring is 1. The topological polar surface area (TPSA) is 84.1 Å². The maximum atomic E-state index is 12.4. The van der Waals surface area contributed by atoms with Crippen LogP contribution >= 0.6 is 0 Å². The first kappa shape index (κ1) is 14.0. The predicted molar refractivity (Wildman–Crippen MR) is 78.5 cm³/mol. The van der Waals surface area contributed by atoms with E-state index in [0.717, 1.165) is 16.8 Å². The van der Waals surface area contributed by atoms with Gasteiger partial charge in [0.15, 0.2) is 5.82 Å². The summed E-state index contributed by atoms with van der Waals surface area (Å²) in [5, 5.41) is 0. The molecular weight excluding hydrogens is 254 g/mol. The molecule has 1 heterocycles. The average Bonchev–Trinajstić information content (AvgIpc) is 2.46. The molecule has 0 bridgehead atoms. The number of rotatable bonds is 3. The molecule has 20 heavy (non-hydrogen) atoms. The lowest BCUT2D eigenvalue weighted by atomic mass is 10.1. The van der Waals surface area contributed by atoms with Crippen LogP contribution in [0.1, 0.15) is 21.6 Å². The molecule has 1 aromatic heterocycles. The fourth-order valence-electron chi connectivity index (χ4n) is 2.00. The first-order valence-electron chi connectivity index (χ1n) is 6.17. The van der Waals surface area contributed by atoms with Crippen molar-refractivity contribution in [3.05, 3.63) is 47.4 Å². The van der Waals surface area contributed by atoms with Gasteiger partial charge in [0.1, 0.15) is 5.69 Å². The Morgan fingerprint density at radius 3 is 2.70 bits per heavy atom. The van der Waals surface area contributed by atoms with Crippen molar-refractivity contribution in [3.63, 3.8) is 0 Å². The van der Waals surface area contributed by atoms with E-state index in [9.17, 15) is 4.79 Å². The minimum Gasteiger partial charge on any atom is -0.310 e. The Hall–Kier alpha value is -2.47. The van der Waals surface area contributed by atoms with Crippen LogP contribution in [0.4, 0.5) is 11.5 Å². The van der Waals surface area contributed by atoms with Crippen LogP contribution in [-0.2, 0) is 0 Å². The molecule has 6 heteroatoms. The van der Waals surface area contributed by atoms with Gasteiger partial charge in [0.2, 0.25) is 0 Å². The lowest BCUT2D eigenvalue weighted by Gasteiger charge is -2.19. The zero-order valence-corrected chi connectivity index (χ0v) is 11.7. The van der Waals surface area contributed by atoms with Gasteiger partial charge in [-0.3, -0.25) is 9.78 Å². The van der Waals surface area contributed by atoms with E-state index < -0.39 is 0 Å². The van der Waals surface area contributed by atoms with Crippen LogP contribution in [0.15, 0.2) is 30.6 Å². The maximum absolute atomic E-state index is 12.4. The van der Waals surface area contributed by atoms with Crippen molar-refractivity contribution in [1.29, 1.82) is 0 Å². The van der Waals surface area contributed by atoms with Crippen LogP contribution in [0.5, 0.6) is 0 Å². The van der Waals surface area contributed by atoms with Crippen molar-refractivity contribution in [2.24, 2.45) is 5.84 Å². The summed E-state index contributed by atoms with van der Waals surface area (Å²) in [6.45, 7) is 3.98. The van der Waals surface area contributed by atoms with Crippen molar-refractivity contribution < 1.29 is 4.79 Å². The molecule has 2 aromatic rings. The molecular formula is C14H17N5O. The highest BCUT2D eigenvalue weighted by Gasteiger charge is 2.17. The smallest absolute Gasteiger partial charge is 0.278 e. The number of nitrogens with two attached hydrogens (primary N) is 1. The number of carbonyl (C=O) groups is 1. The van der Waals surface area contributed by atoms with Crippen molar-refractivity contribution in [2.45, 2.75) is 13.8 Å². The first-order valence-corrected chi connectivity index (χ1v) is 6.17. The fourth-order valence-corrected chi connectivity index (χ4v) is 2.00. The second-order valence-electron chi connectivity index (χ2n) is 4.59. The molecule has 6 nitrogen and oxygen atoms in total. The number of amides is 1. The lowest BCUT2D eigenvalue weighted by molar-refractivity contribution is 0.0988. The summed E-state index contributed by atoms with van der Waals surface area (Å²) < 4.78 is 0.